The lowest BCUT2D eigenvalue weighted by Crippen LogP contribution is -2.41. The Morgan fingerprint density at radius 2 is 1.72 bits per heavy atom. The van der Waals surface area contributed by atoms with E-state index in [-0.39, 0.29) is 15.5 Å². The summed E-state index contributed by atoms with van der Waals surface area (Å²) >= 11 is 5.72. The van der Waals surface area contributed by atoms with Crippen LogP contribution in [0.3, 0.4) is 0 Å². The molecule has 11 heteroatoms. The number of alkyl halides is 3. The molecule has 2 aromatic carbocycles. The maximum Gasteiger partial charge on any atom is 0.573 e. The lowest BCUT2D eigenvalue weighted by atomic mass is 10.2. The second kappa shape index (κ2) is 7.30. The first-order valence-corrected chi connectivity index (χ1v) is 8.36. The largest absolute Gasteiger partial charge is 0.573 e. The van der Waals surface area contributed by atoms with Gasteiger partial charge in [-0.3, -0.25) is 10.2 Å². The molecule has 0 atom stereocenters. The number of hydrogen-bond acceptors (Lipinski definition) is 4. The third-order valence-electron chi connectivity index (χ3n) is 2.75. The van der Waals surface area contributed by atoms with Crippen LogP contribution in [0, 0.1) is 0 Å². The Hall–Kier alpha value is -2.30. The van der Waals surface area contributed by atoms with Gasteiger partial charge in [0.25, 0.3) is 15.9 Å². The van der Waals surface area contributed by atoms with Crippen molar-refractivity contribution in [3.63, 3.8) is 0 Å². The number of ether oxygens (including phenoxy) is 1. The molecule has 2 rings (SSSR count). The quantitative estimate of drug-likeness (QED) is 0.764. The summed E-state index contributed by atoms with van der Waals surface area (Å²) in [6, 6.07) is 9.25. The Labute approximate surface area is 145 Å². The van der Waals surface area contributed by atoms with Gasteiger partial charge >= 0.3 is 6.36 Å². The minimum atomic E-state index is -4.89. The van der Waals surface area contributed by atoms with E-state index in [2.05, 4.69) is 4.74 Å². The first-order valence-electron chi connectivity index (χ1n) is 6.50. The van der Waals surface area contributed by atoms with Crippen molar-refractivity contribution in [2.24, 2.45) is 0 Å². The molecule has 0 saturated carbocycles. The van der Waals surface area contributed by atoms with Crippen LogP contribution in [-0.4, -0.2) is 20.7 Å². The monoisotopic (exact) mass is 394 g/mol. The molecule has 1 amide bonds. The highest BCUT2D eigenvalue weighted by Crippen LogP contribution is 2.23. The molecule has 0 radical (unpaired) electrons. The first-order chi connectivity index (χ1) is 11.6. The van der Waals surface area contributed by atoms with Crippen molar-refractivity contribution >= 4 is 27.5 Å². The first kappa shape index (κ1) is 19.0. The third kappa shape index (κ3) is 5.62. The number of rotatable bonds is 5. The average molecular weight is 395 g/mol. The van der Waals surface area contributed by atoms with Crippen LogP contribution in [0.2, 0.25) is 5.02 Å². The number of carbonyl (C=O) groups is 1. The molecule has 0 aliphatic carbocycles. The van der Waals surface area contributed by atoms with E-state index in [4.69, 9.17) is 11.6 Å². The summed E-state index contributed by atoms with van der Waals surface area (Å²) in [4.78, 5) is 13.3. The fourth-order valence-corrected chi connectivity index (χ4v) is 2.72. The van der Waals surface area contributed by atoms with Crippen molar-refractivity contribution in [2.45, 2.75) is 11.3 Å². The molecule has 25 heavy (non-hydrogen) atoms. The summed E-state index contributed by atoms with van der Waals surface area (Å²) < 4.78 is 63.9. The molecule has 0 unspecified atom stereocenters. The van der Waals surface area contributed by atoms with Crippen molar-refractivity contribution in [1.82, 2.24) is 10.3 Å². The number of nitrogens with one attached hydrogen (secondary N) is 2. The van der Waals surface area contributed by atoms with Gasteiger partial charge < -0.3 is 4.74 Å². The minimum absolute atomic E-state index is 0.115. The van der Waals surface area contributed by atoms with Crippen molar-refractivity contribution in [3.8, 4) is 5.75 Å². The molecule has 0 aliphatic rings. The molecule has 0 aliphatic heterocycles. The summed E-state index contributed by atoms with van der Waals surface area (Å²) in [6.07, 6.45) is -4.89. The van der Waals surface area contributed by atoms with E-state index in [1.54, 1.807) is 0 Å². The molecular formula is C14H10ClF3N2O4S. The highest BCUT2D eigenvalue weighted by atomic mass is 35.5. The predicted molar refractivity (Wildman–Crippen MR) is 82.4 cm³/mol. The highest BCUT2D eigenvalue weighted by Gasteiger charge is 2.31. The lowest BCUT2D eigenvalue weighted by Gasteiger charge is -2.11. The zero-order chi connectivity index (χ0) is 18.7. The van der Waals surface area contributed by atoms with Gasteiger partial charge in [-0.25, -0.2) is 8.42 Å². The number of carbonyl (C=O) groups excluding carboxylic acids is 1. The van der Waals surface area contributed by atoms with Gasteiger partial charge in [0.2, 0.25) is 0 Å². The van der Waals surface area contributed by atoms with Crippen molar-refractivity contribution < 1.29 is 31.1 Å². The normalized spacial score (nSPS) is 11.8. The number of hydrazine groups is 1. The third-order valence-corrected chi connectivity index (χ3v) is 4.25. The Bertz CT molecular complexity index is 870. The molecule has 134 valence electrons. The second-order valence-electron chi connectivity index (χ2n) is 4.59. The molecule has 0 saturated heterocycles. The van der Waals surface area contributed by atoms with Crippen LogP contribution >= 0.6 is 11.6 Å². The summed E-state index contributed by atoms with van der Waals surface area (Å²) in [5.41, 5.74) is 2.09. The molecule has 0 heterocycles. The average Bonchev–Trinajstić information content (AvgIpc) is 2.51. The van der Waals surface area contributed by atoms with E-state index < -0.39 is 28.0 Å². The van der Waals surface area contributed by atoms with Crippen molar-refractivity contribution in [1.29, 1.82) is 0 Å². The molecular weight excluding hydrogens is 385 g/mol. The number of hydrogen-bond donors (Lipinski definition) is 2. The maximum atomic E-state index is 12.1. The summed E-state index contributed by atoms with van der Waals surface area (Å²) in [5, 5.41) is 0.288. The zero-order valence-electron chi connectivity index (χ0n) is 12.2. The van der Waals surface area contributed by atoms with E-state index in [1.165, 1.54) is 24.3 Å². The van der Waals surface area contributed by atoms with Crippen LogP contribution in [0.5, 0.6) is 5.75 Å². The van der Waals surface area contributed by atoms with Gasteiger partial charge in [0.15, 0.2) is 0 Å². The molecule has 2 N–H and O–H groups in total. The van der Waals surface area contributed by atoms with Gasteiger partial charge in [-0.2, -0.15) is 0 Å². The van der Waals surface area contributed by atoms with Gasteiger partial charge in [-0.05, 0) is 42.5 Å². The molecule has 6 nitrogen and oxygen atoms in total. The molecule has 0 spiro atoms. The number of amides is 1. The van der Waals surface area contributed by atoms with Crippen LogP contribution in [0.4, 0.5) is 13.2 Å². The molecule has 0 bridgehead atoms. The van der Waals surface area contributed by atoms with Gasteiger partial charge in [0.1, 0.15) is 5.75 Å². The topological polar surface area (TPSA) is 84.5 Å². The fourth-order valence-electron chi connectivity index (χ4n) is 1.69. The standard InChI is InChI=1S/C14H10ClF3N2O4S/c15-10-3-1-2-9(8-10)13(21)19-20-25(22,23)12-6-4-11(5-7-12)24-14(16,17)18/h1-8,20H,(H,19,21). The summed E-state index contributed by atoms with van der Waals surface area (Å²) in [7, 11) is -4.19. The van der Waals surface area contributed by atoms with E-state index in [9.17, 15) is 26.4 Å². The van der Waals surface area contributed by atoms with Crippen molar-refractivity contribution in [2.75, 3.05) is 0 Å². The summed E-state index contributed by atoms with van der Waals surface area (Å²) in [5.74, 6) is -1.34. The Balaban J connectivity index is 2.05. The zero-order valence-corrected chi connectivity index (χ0v) is 13.7. The van der Waals surface area contributed by atoms with Crippen LogP contribution < -0.4 is 15.0 Å². The number of benzene rings is 2. The van der Waals surface area contributed by atoms with Crippen molar-refractivity contribution in [3.05, 3.63) is 59.1 Å². The minimum Gasteiger partial charge on any atom is -0.406 e. The smallest absolute Gasteiger partial charge is 0.406 e. The summed E-state index contributed by atoms with van der Waals surface area (Å²) in [6.45, 7) is 0. The van der Waals surface area contributed by atoms with E-state index in [0.717, 1.165) is 24.3 Å². The number of sulfonamides is 1. The molecule has 0 aromatic heterocycles. The van der Waals surface area contributed by atoms with Crippen LogP contribution in [0.25, 0.3) is 0 Å². The van der Waals surface area contributed by atoms with Gasteiger partial charge in [-0.1, -0.05) is 17.7 Å². The Kier molecular flexibility index (Phi) is 5.55. The fraction of sp³-hybridized carbons (Fsp3) is 0.0714. The second-order valence-corrected chi connectivity index (χ2v) is 6.71. The highest BCUT2D eigenvalue weighted by molar-refractivity contribution is 7.89. The van der Waals surface area contributed by atoms with Crippen LogP contribution in [0.1, 0.15) is 10.4 Å². The van der Waals surface area contributed by atoms with E-state index in [1.807, 2.05) is 10.3 Å². The molecule has 0 fully saturated rings. The van der Waals surface area contributed by atoms with E-state index in [0.29, 0.717) is 0 Å². The van der Waals surface area contributed by atoms with Gasteiger partial charge in [0.05, 0.1) is 4.90 Å². The predicted octanol–water partition coefficient (Wildman–Crippen LogP) is 2.86. The maximum absolute atomic E-state index is 12.1. The van der Waals surface area contributed by atoms with E-state index >= 15 is 0 Å². The Morgan fingerprint density at radius 1 is 1.08 bits per heavy atom. The van der Waals surface area contributed by atoms with Crippen LogP contribution in [0.15, 0.2) is 53.4 Å². The van der Waals surface area contributed by atoms with Gasteiger partial charge in [-0.15, -0.1) is 18.0 Å². The van der Waals surface area contributed by atoms with Crippen LogP contribution in [-0.2, 0) is 10.0 Å². The molecule has 2 aromatic rings. The Morgan fingerprint density at radius 3 is 2.28 bits per heavy atom. The van der Waals surface area contributed by atoms with Gasteiger partial charge in [0, 0.05) is 10.6 Å². The SMILES string of the molecule is O=C(NNS(=O)(=O)c1ccc(OC(F)(F)F)cc1)c1cccc(Cl)c1. The lowest BCUT2D eigenvalue weighted by molar-refractivity contribution is -0.274. The number of halogens is 4.